The summed E-state index contributed by atoms with van der Waals surface area (Å²) in [6, 6.07) is 9.72. The van der Waals surface area contributed by atoms with Gasteiger partial charge in [-0.15, -0.1) is 0 Å². The van der Waals surface area contributed by atoms with Crippen LogP contribution in [0.3, 0.4) is 0 Å². The molecule has 2 heterocycles. The van der Waals surface area contributed by atoms with Gasteiger partial charge in [0.2, 0.25) is 0 Å². The van der Waals surface area contributed by atoms with Crippen LogP contribution in [0.25, 0.3) is 6.08 Å². The Balaban J connectivity index is 1.98. The van der Waals surface area contributed by atoms with E-state index in [1.807, 2.05) is 22.6 Å². The number of phenolic OH excluding ortho intramolecular Hbond substituents is 1. The van der Waals surface area contributed by atoms with Crippen molar-refractivity contribution in [2.24, 2.45) is 4.99 Å². The average Bonchev–Trinajstić information content (AvgIpc) is 3.10. The van der Waals surface area contributed by atoms with Crippen LogP contribution in [-0.4, -0.2) is 29.4 Å². The molecule has 0 saturated carbocycles. The van der Waals surface area contributed by atoms with E-state index in [0.717, 1.165) is 0 Å². The minimum atomic E-state index is -0.777. The van der Waals surface area contributed by atoms with Crippen LogP contribution in [0.2, 0.25) is 5.02 Å². The molecule has 176 valence electrons. The fraction of sp³-hybridized carbons (Fsp3) is 0.208. The van der Waals surface area contributed by atoms with Crippen LogP contribution in [0.4, 0.5) is 0 Å². The molecule has 0 radical (unpaired) electrons. The number of benzene rings is 2. The van der Waals surface area contributed by atoms with Crippen molar-refractivity contribution >= 4 is 57.6 Å². The van der Waals surface area contributed by atoms with E-state index >= 15 is 0 Å². The van der Waals surface area contributed by atoms with Gasteiger partial charge in [-0.2, -0.15) is 0 Å². The fourth-order valence-electron chi connectivity index (χ4n) is 3.77. The lowest BCUT2D eigenvalue weighted by molar-refractivity contribution is -0.139. The number of nitrogens with zero attached hydrogens (tertiary/aromatic N) is 2. The smallest absolute Gasteiger partial charge is 0.338 e. The number of methoxy groups -OCH3 is 1. The SMILES string of the molecule is CCOC(=O)C1=C(C)N=c2s/c(=C\c3cc(I)c(O)c(OC)c3)c(=O)n2[C@@H]1c1ccccc1Cl. The summed E-state index contributed by atoms with van der Waals surface area (Å²) < 4.78 is 13.0. The largest absolute Gasteiger partial charge is 0.504 e. The molecule has 1 aliphatic rings. The summed E-state index contributed by atoms with van der Waals surface area (Å²) in [5, 5.41) is 10.6. The third-order valence-electron chi connectivity index (χ3n) is 5.29. The summed E-state index contributed by atoms with van der Waals surface area (Å²) in [6.07, 6.45) is 1.71. The van der Waals surface area contributed by atoms with Gasteiger partial charge in [-0.3, -0.25) is 9.36 Å². The van der Waals surface area contributed by atoms with E-state index in [1.165, 1.54) is 23.0 Å². The second-order valence-electron chi connectivity index (χ2n) is 7.38. The van der Waals surface area contributed by atoms with E-state index in [9.17, 15) is 14.7 Å². The number of aromatic hydroxyl groups is 1. The van der Waals surface area contributed by atoms with Gasteiger partial charge in [-0.1, -0.05) is 41.1 Å². The zero-order chi connectivity index (χ0) is 24.6. The van der Waals surface area contributed by atoms with Crippen molar-refractivity contribution in [1.29, 1.82) is 0 Å². The molecule has 0 aliphatic carbocycles. The number of thiazole rings is 1. The van der Waals surface area contributed by atoms with Crippen molar-refractivity contribution in [2.45, 2.75) is 19.9 Å². The van der Waals surface area contributed by atoms with Crippen molar-refractivity contribution < 1.29 is 19.4 Å². The van der Waals surface area contributed by atoms with E-state index in [0.29, 0.717) is 40.5 Å². The fourth-order valence-corrected chi connectivity index (χ4v) is 5.68. The maximum absolute atomic E-state index is 13.6. The Morgan fingerprint density at radius 3 is 2.76 bits per heavy atom. The van der Waals surface area contributed by atoms with Crippen molar-refractivity contribution in [1.82, 2.24) is 4.57 Å². The van der Waals surface area contributed by atoms with Crippen LogP contribution in [0.5, 0.6) is 11.5 Å². The normalized spacial score (nSPS) is 15.7. The first-order valence-corrected chi connectivity index (χ1v) is 12.5. The number of hydrogen-bond donors (Lipinski definition) is 1. The lowest BCUT2D eigenvalue weighted by atomic mass is 9.96. The Morgan fingerprint density at radius 2 is 2.09 bits per heavy atom. The maximum atomic E-state index is 13.6. The third-order valence-corrected chi connectivity index (χ3v) is 7.43. The lowest BCUT2D eigenvalue weighted by Gasteiger charge is -2.25. The molecule has 0 saturated heterocycles. The zero-order valence-electron chi connectivity index (χ0n) is 18.5. The quantitative estimate of drug-likeness (QED) is 0.351. The number of aromatic nitrogens is 1. The number of allylic oxidation sites excluding steroid dienone is 1. The zero-order valence-corrected chi connectivity index (χ0v) is 22.2. The van der Waals surface area contributed by atoms with Gasteiger partial charge in [0, 0.05) is 5.02 Å². The number of ether oxygens (including phenoxy) is 2. The Morgan fingerprint density at radius 1 is 1.35 bits per heavy atom. The first-order chi connectivity index (χ1) is 16.3. The highest BCUT2D eigenvalue weighted by Gasteiger charge is 2.34. The highest BCUT2D eigenvalue weighted by molar-refractivity contribution is 14.1. The summed E-state index contributed by atoms with van der Waals surface area (Å²) in [5.74, 6) is -0.198. The topological polar surface area (TPSA) is 90.1 Å². The van der Waals surface area contributed by atoms with E-state index in [2.05, 4.69) is 4.99 Å². The molecular weight excluding hydrogens is 591 g/mol. The van der Waals surface area contributed by atoms with Gasteiger partial charge >= 0.3 is 5.97 Å². The number of phenols is 1. The molecule has 3 aromatic rings. The molecule has 7 nitrogen and oxygen atoms in total. The Hall–Kier alpha value is -2.63. The standard InChI is InChI=1S/C24H20ClIN2O5S/c1-4-33-23(31)19-12(2)27-24-28(20(19)14-7-5-6-8-15(14)25)22(30)18(34-24)11-13-9-16(26)21(29)17(10-13)32-3/h5-11,20,29H,4H2,1-3H3/b18-11-/t20-/m1/s1. The molecule has 4 rings (SSSR count). The van der Waals surface area contributed by atoms with Crippen LogP contribution in [0, 0.1) is 3.57 Å². The lowest BCUT2D eigenvalue weighted by Crippen LogP contribution is -2.40. The molecule has 0 fully saturated rings. The third kappa shape index (κ3) is 4.39. The number of hydrogen-bond acceptors (Lipinski definition) is 7. The second kappa shape index (κ2) is 9.93. The monoisotopic (exact) mass is 610 g/mol. The van der Waals surface area contributed by atoms with Gasteiger partial charge in [0.25, 0.3) is 5.56 Å². The molecule has 1 N–H and O–H groups in total. The molecule has 34 heavy (non-hydrogen) atoms. The molecule has 1 atom stereocenters. The summed E-state index contributed by atoms with van der Waals surface area (Å²) in [6.45, 7) is 3.64. The van der Waals surface area contributed by atoms with Crippen molar-refractivity contribution in [3.63, 3.8) is 0 Å². The molecule has 0 bridgehead atoms. The van der Waals surface area contributed by atoms with Gasteiger partial charge in [-0.05, 0) is 71.8 Å². The molecule has 0 spiro atoms. The molecule has 0 amide bonds. The van der Waals surface area contributed by atoms with Crippen molar-refractivity contribution in [2.75, 3.05) is 13.7 Å². The number of rotatable bonds is 5. The van der Waals surface area contributed by atoms with Crippen LogP contribution >= 0.6 is 45.5 Å². The van der Waals surface area contributed by atoms with Crippen molar-refractivity contribution in [3.05, 3.63) is 87.1 Å². The number of esters is 1. The summed E-state index contributed by atoms with van der Waals surface area (Å²) in [7, 11) is 1.46. The predicted octanol–water partition coefficient (Wildman–Crippen LogP) is 3.77. The Bertz CT molecular complexity index is 1510. The number of carbonyl (C=O) groups excluding carboxylic acids is 1. The minimum absolute atomic E-state index is 0.0372. The molecule has 10 heteroatoms. The van der Waals surface area contributed by atoms with Crippen LogP contribution < -0.4 is 19.6 Å². The summed E-state index contributed by atoms with van der Waals surface area (Å²) in [4.78, 5) is 31.6. The van der Waals surface area contributed by atoms with Gasteiger partial charge in [0.15, 0.2) is 16.3 Å². The van der Waals surface area contributed by atoms with Crippen LogP contribution in [0.15, 0.2) is 57.5 Å². The Kier molecular flexibility index (Phi) is 7.15. The highest BCUT2D eigenvalue weighted by atomic mass is 127. The summed E-state index contributed by atoms with van der Waals surface area (Å²) in [5.41, 5.74) is 1.71. The van der Waals surface area contributed by atoms with E-state index < -0.39 is 12.0 Å². The predicted molar refractivity (Wildman–Crippen MR) is 139 cm³/mol. The van der Waals surface area contributed by atoms with E-state index in [4.69, 9.17) is 21.1 Å². The van der Waals surface area contributed by atoms with Gasteiger partial charge in [-0.25, -0.2) is 9.79 Å². The summed E-state index contributed by atoms with van der Waals surface area (Å²) >= 11 is 9.72. The van der Waals surface area contributed by atoms with Gasteiger partial charge in [0.05, 0.1) is 33.1 Å². The van der Waals surface area contributed by atoms with Crippen LogP contribution in [-0.2, 0) is 9.53 Å². The van der Waals surface area contributed by atoms with Gasteiger partial charge < -0.3 is 14.6 Å². The molecule has 1 aliphatic heterocycles. The number of carbonyl (C=O) groups is 1. The first kappa shape index (κ1) is 24.5. The Labute approximate surface area is 217 Å². The number of fused-ring (bicyclic) bond motifs is 1. The van der Waals surface area contributed by atoms with Gasteiger partial charge in [0.1, 0.15) is 6.04 Å². The molecule has 2 aromatic carbocycles. The highest BCUT2D eigenvalue weighted by Crippen LogP contribution is 2.35. The molecular formula is C24H20ClIN2O5S. The number of halogens is 2. The van der Waals surface area contributed by atoms with E-state index in [-0.39, 0.29) is 23.5 Å². The molecule has 1 aromatic heterocycles. The van der Waals surface area contributed by atoms with Crippen molar-refractivity contribution in [3.8, 4) is 11.5 Å². The molecule has 0 unspecified atom stereocenters. The second-order valence-corrected chi connectivity index (χ2v) is 9.96. The average molecular weight is 611 g/mol. The van der Waals surface area contributed by atoms with E-state index in [1.54, 1.807) is 56.3 Å². The maximum Gasteiger partial charge on any atom is 0.338 e. The van der Waals surface area contributed by atoms with Crippen LogP contribution in [0.1, 0.15) is 31.0 Å². The first-order valence-electron chi connectivity index (χ1n) is 10.3. The minimum Gasteiger partial charge on any atom is -0.504 e.